The first-order chi connectivity index (χ1) is 25.4. The summed E-state index contributed by atoms with van der Waals surface area (Å²) in [4.78, 5) is 20.7. The zero-order valence-electron chi connectivity index (χ0n) is 36.3. The zero-order valence-corrected chi connectivity index (χ0v) is 36.3. The van der Waals surface area contributed by atoms with Gasteiger partial charge in [0.05, 0.1) is 11.2 Å². The number of pyridine rings is 3. The molecule has 0 fully saturated rings. The van der Waals surface area contributed by atoms with Crippen molar-refractivity contribution in [2.75, 3.05) is 0 Å². The van der Waals surface area contributed by atoms with E-state index in [1.807, 2.05) is 55.1 Å². The van der Waals surface area contributed by atoms with Crippen molar-refractivity contribution in [2.24, 2.45) is 0 Å². The van der Waals surface area contributed by atoms with E-state index in [1.165, 1.54) is 22.1 Å². The van der Waals surface area contributed by atoms with Gasteiger partial charge in [0, 0.05) is 65.3 Å². The van der Waals surface area contributed by atoms with E-state index in [2.05, 4.69) is 171 Å². The number of aromatic hydroxyl groups is 1. The number of aromatic nitrogens is 5. The lowest BCUT2D eigenvalue weighted by Crippen LogP contribution is -2.13. The largest absolute Gasteiger partial charge is 0.508 e. The number of phenolic OH excluding ortho intramolecular Hbond substituents is 1. The summed E-state index contributed by atoms with van der Waals surface area (Å²) in [6.45, 7) is 32.6. The molecule has 294 valence electrons. The van der Waals surface area contributed by atoms with Crippen LogP contribution in [0.15, 0.2) is 128 Å². The zero-order chi connectivity index (χ0) is 41.5. The second-order valence-corrected chi connectivity index (χ2v) is 18.7. The Kier molecular flexibility index (Phi) is 16.9. The molecule has 0 aliphatic rings. The van der Waals surface area contributed by atoms with E-state index in [-0.39, 0.29) is 27.1 Å². The van der Waals surface area contributed by atoms with Crippen molar-refractivity contribution >= 4 is 10.9 Å². The molecule has 0 aliphatic heterocycles. The summed E-state index contributed by atoms with van der Waals surface area (Å²) in [7, 11) is 0. The normalized spacial score (nSPS) is 11.6. The number of hydrogen-bond donors (Lipinski definition) is 1. The number of phenols is 1. The Morgan fingerprint density at radius 1 is 0.382 bits per heavy atom. The van der Waals surface area contributed by atoms with E-state index >= 15 is 0 Å². The van der Waals surface area contributed by atoms with E-state index < -0.39 is 0 Å². The van der Waals surface area contributed by atoms with Gasteiger partial charge in [-0.15, -0.1) is 0 Å². The van der Waals surface area contributed by atoms with Gasteiger partial charge >= 0.3 is 0 Å². The first kappa shape index (κ1) is 46.2. The van der Waals surface area contributed by atoms with Crippen LogP contribution >= 0.6 is 0 Å². The van der Waals surface area contributed by atoms with Gasteiger partial charge in [-0.2, -0.15) is 0 Å². The van der Waals surface area contributed by atoms with Gasteiger partial charge in [0.15, 0.2) is 0 Å². The molecule has 0 unspecified atom stereocenters. The second kappa shape index (κ2) is 20.1. The predicted octanol–water partition coefficient (Wildman–Crippen LogP) is 12.8. The monoisotopic (exact) mass is 742 g/mol. The molecular weight excluding hydrogens is 675 g/mol. The topological polar surface area (TPSA) is 84.7 Å². The molecule has 0 bridgehead atoms. The molecule has 0 radical (unpaired) electrons. The van der Waals surface area contributed by atoms with E-state index in [0.29, 0.717) is 5.75 Å². The molecule has 6 rings (SSSR count). The van der Waals surface area contributed by atoms with Crippen molar-refractivity contribution in [2.45, 2.75) is 131 Å². The quantitative estimate of drug-likeness (QED) is 0.167. The summed E-state index contributed by atoms with van der Waals surface area (Å²) in [5.74, 6) is 0.331. The van der Waals surface area contributed by atoms with Gasteiger partial charge in [0.1, 0.15) is 5.75 Å². The molecular formula is C49H67N5O. The van der Waals surface area contributed by atoms with E-state index in [1.54, 1.807) is 30.7 Å². The fourth-order valence-corrected chi connectivity index (χ4v) is 5.06. The molecule has 4 aromatic heterocycles. The Morgan fingerprint density at radius 3 is 1.35 bits per heavy atom. The molecule has 0 saturated heterocycles. The second-order valence-electron chi connectivity index (χ2n) is 18.7. The van der Waals surface area contributed by atoms with Gasteiger partial charge in [0.25, 0.3) is 0 Å². The number of benzene rings is 2. The Labute approximate surface area is 333 Å². The SMILES string of the molecule is CC(C)(C)c1ccc(O)cc1.CC(C)(C)c1cccc2ncccc12.CC(C)(C)c1ccccn1.CC(C)(C)c1ccncc1.CC(C)(C)c1cnccn1. The highest BCUT2D eigenvalue weighted by molar-refractivity contribution is 5.82. The standard InChI is InChI=1S/C13H15N.C10H14O.2C9H13N.C8H12N2/c1-13(2,3)11-7-4-8-12-10(11)6-5-9-14-12;1-10(2,3)8-4-6-9(11)7-5-8;1-9(2,3)8-4-6-10-7-5-8;1-9(2,3)8-6-4-5-7-10-8;1-8(2,3)7-6-9-4-5-10-7/h4-9H,1-3H3;4-7,11H,1-3H3;2*4-7H,1-3H3;4-6H,1-3H3. The minimum atomic E-state index is 0.119. The van der Waals surface area contributed by atoms with Crippen molar-refractivity contribution in [1.29, 1.82) is 0 Å². The third-order valence-electron chi connectivity index (χ3n) is 8.50. The van der Waals surface area contributed by atoms with Gasteiger partial charge in [-0.1, -0.05) is 140 Å². The fraction of sp³-hybridized carbons (Fsp3) is 0.408. The van der Waals surface area contributed by atoms with Crippen molar-refractivity contribution < 1.29 is 5.11 Å². The lowest BCUT2D eigenvalue weighted by Gasteiger charge is -2.20. The molecule has 0 spiro atoms. The van der Waals surface area contributed by atoms with E-state index in [0.717, 1.165) is 16.9 Å². The molecule has 0 saturated carbocycles. The third-order valence-corrected chi connectivity index (χ3v) is 8.50. The molecule has 6 heteroatoms. The molecule has 6 aromatic rings. The van der Waals surface area contributed by atoms with Crippen LogP contribution < -0.4 is 0 Å². The summed E-state index contributed by atoms with van der Waals surface area (Å²) in [6.07, 6.45) is 12.6. The van der Waals surface area contributed by atoms with Crippen molar-refractivity contribution in [1.82, 2.24) is 24.9 Å². The summed E-state index contributed by atoms with van der Waals surface area (Å²) in [5.41, 5.74) is 8.13. The van der Waals surface area contributed by atoms with Crippen LogP contribution in [-0.2, 0) is 27.1 Å². The summed E-state index contributed by atoms with van der Waals surface area (Å²) >= 11 is 0. The maximum Gasteiger partial charge on any atom is 0.115 e. The van der Waals surface area contributed by atoms with Crippen LogP contribution in [0.1, 0.15) is 132 Å². The number of rotatable bonds is 0. The molecule has 0 amide bonds. The smallest absolute Gasteiger partial charge is 0.115 e. The van der Waals surface area contributed by atoms with Gasteiger partial charge in [-0.05, 0) is 81.5 Å². The van der Waals surface area contributed by atoms with E-state index in [4.69, 9.17) is 5.11 Å². The van der Waals surface area contributed by atoms with E-state index in [9.17, 15) is 0 Å². The lowest BCUT2D eigenvalue weighted by atomic mass is 9.84. The molecule has 2 aromatic carbocycles. The molecule has 4 heterocycles. The Balaban J connectivity index is 0.000000239. The minimum absolute atomic E-state index is 0.119. The average molecular weight is 742 g/mol. The number of hydrogen-bond acceptors (Lipinski definition) is 6. The summed E-state index contributed by atoms with van der Waals surface area (Å²) < 4.78 is 0. The summed E-state index contributed by atoms with van der Waals surface area (Å²) in [5, 5.41) is 10.3. The number of nitrogens with zero attached hydrogens (tertiary/aromatic N) is 5. The van der Waals surface area contributed by atoms with Crippen LogP contribution in [0.25, 0.3) is 10.9 Å². The van der Waals surface area contributed by atoms with Crippen molar-refractivity contribution in [3.05, 3.63) is 156 Å². The van der Waals surface area contributed by atoms with Gasteiger partial charge in [-0.25, -0.2) is 0 Å². The molecule has 55 heavy (non-hydrogen) atoms. The van der Waals surface area contributed by atoms with Crippen LogP contribution in [-0.4, -0.2) is 30.0 Å². The van der Waals surface area contributed by atoms with Gasteiger partial charge < -0.3 is 5.11 Å². The third kappa shape index (κ3) is 16.9. The summed E-state index contributed by atoms with van der Waals surface area (Å²) in [6, 6.07) is 27.9. The Hall–Kier alpha value is -4.97. The Bertz CT molecular complexity index is 1820. The minimum Gasteiger partial charge on any atom is -0.508 e. The molecule has 0 atom stereocenters. The first-order valence-corrected chi connectivity index (χ1v) is 19.1. The van der Waals surface area contributed by atoms with Crippen molar-refractivity contribution in [3.8, 4) is 5.75 Å². The maximum absolute atomic E-state index is 9.02. The molecule has 0 aliphatic carbocycles. The highest BCUT2D eigenvalue weighted by atomic mass is 16.3. The highest BCUT2D eigenvalue weighted by Crippen LogP contribution is 2.29. The highest BCUT2D eigenvalue weighted by Gasteiger charge is 2.17. The maximum atomic E-state index is 9.02. The van der Waals surface area contributed by atoms with Gasteiger partial charge in [-0.3, -0.25) is 24.9 Å². The fourth-order valence-electron chi connectivity index (χ4n) is 5.06. The van der Waals surface area contributed by atoms with Crippen LogP contribution in [0.5, 0.6) is 5.75 Å². The van der Waals surface area contributed by atoms with Crippen LogP contribution in [0, 0.1) is 0 Å². The van der Waals surface area contributed by atoms with Crippen LogP contribution in [0.4, 0.5) is 0 Å². The Morgan fingerprint density at radius 2 is 0.927 bits per heavy atom. The lowest BCUT2D eigenvalue weighted by molar-refractivity contribution is 0.474. The molecule has 6 nitrogen and oxygen atoms in total. The first-order valence-electron chi connectivity index (χ1n) is 19.1. The molecule has 1 N–H and O–H groups in total. The van der Waals surface area contributed by atoms with Gasteiger partial charge in [0.2, 0.25) is 0 Å². The van der Waals surface area contributed by atoms with Crippen LogP contribution in [0.2, 0.25) is 0 Å². The van der Waals surface area contributed by atoms with Crippen molar-refractivity contribution in [3.63, 3.8) is 0 Å². The van der Waals surface area contributed by atoms with Crippen LogP contribution in [0.3, 0.4) is 0 Å². The predicted molar refractivity (Wildman–Crippen MR) is 234 cm³/mol. The number of fused-ring (bicyclic) bond motifs is 1. The average Bonchev–Trinajstić information content (AvgIpc) is 3.12.